The zero-order chi connectivity index (χ0) is 20.4. The Morgan fingerprint density at radius 1 is 1.03 bits per heavy atom. The normalized spacial score (nSPS) is 15.2. The highest BCUT2D eigenvalue weighted by atomic mass is 127. The molecule has 7 heteroatoms. The second-order valence-electron chi connectivity index (χ2n) is 7.47. The number of carbonyl (C=O) groups excluding carboxylic acids is 1. The Morgan fingerprint density at radius 2 is 1.77 bits per heavy atom. The van der Waals surface area contributed by atoms with Crippen LogP contribution in [0.15, 0.2) is 59.9 Å². The van der Waals surface area contributed by atoms with Crippen LogP contribution in [0.25, 0.3) is 0 Å². The lowest BCUT2D eigenvalue weighted by Crippen LogP contribution is -2.42. The fourth-order valence-corrected chi connectivity index (χ4v) is 3.91. The molecule has 0 aliphatic heterocycles. The summed E-state index contributed by atoms with van der Waals surface area (Å²) in [5.74, 6) is 0.682. The molecule has 2 aromatic rings. The van der Waals surface area contributed by atoms with Crippen molar-refractivity contribution < 1.29 is 4.79 Å². The SMILES string of the molecule is CCNC(=NCC1(c2ccccc2)CCCC1)NCCNC(=O)c1cccnc1.I. The van der Waals surface area contributed by atoms with Gasteiger partial charge >= 0.3 is 0 Å². The van der Waals surface area contributed by atoms with E-state index in [1.165, 1.54) is 31.2 Å². The van der Waals surface area contributed by atoms with Crippen molar-refractivity contribution in [2.75, 3.05) is 26.2 Å². The van der Waals surface area contributed by atoms with Gasteiger partial charge in [0.1, 0.15) is 0 Å². The number of hydrogen-bond donors (Lipinski definition) is 3. The number of rotatable bonds is 8. The molecule has 1 aliphatic carbocycles. The van der Waals surface area contributed by atoms with Crippen LogP contribution in [-0.4, -0.2) is 43.0 Å². The summed E-state index contributed by atoms with van der Waals surface area (Å²) in [6.07, 6.45) is 8.11. The van der Waals surface area contributed by atoms with Gasteiger partial charge in [0.25, 0.3) is 5.91 Å². The van der Waals surface area contributed by atoms with Gasteiger partial charge in [0.05, 0.1) is 12.1 Å². The summed E-state index contributed by atoms with van der Waals surface area (Å²) in [6.45, 7) is 4.75. The maximum absolute atomic E-state index is 12.1. The summed E-state index contributed by atoms with van der Waals surface area (Å²) < 4.78 is 0. The monoisotopic (exact) mass is 521 g/mol. The highest BCUT2D eigenvalue weighted by Gasteiger charge is 2.35. The van der Waals surface area contributed by atoms with Crippen molar-refractivity contribution in [2.45, 2.75) is 38.0 Å². The van der Waals surface area contributed by atoms with Crippen LogP contribution < -0.4 is 16.0 Å². The number of aromatic nitrogens is 1. The van der Waals surface area contributed by atoms with Gasteiger partial charge in [-0.3, -0.25) is 14.8 Å². The number of aliphatic imine (C=N–C) groups is 1. The van der Waals surface area contributed by atoms with Crippen LogP contribution in [0.5, 0.6) is 0 Å². The van der Waals surface area contributed by atoms with Gasteiger partial charge < -0.3 is 16.0 Å². The average molecular weight is 521 g/mol. The number of pyridine rings is 1. The lowest BCUT2D eigenvalue weighted by molar-refractivity contribution is 0.0954. The summed E-state index contributed by atoms with van der Waals surface area (Å²) in [7, 11) is 0. The summed E-state index contributed by atoms with van der Waals surface area (Å²) in [5.41, 5.74) is 2.10. The highest BCUT2D eigenvalue weighted by Crippen LogP contribution is 2.41. The molecular formula is C23H32IN5O. The fourth-order valence-electron chi connectivity index (χ4n) is 3.91. The van der Waals surface area contributed by atoms with E-state index in [0.29, 0.717) is 18.7 Å². The summed E-state index contributed by atoms with van der Waals surface area (Å²) in [6, 6.07) is 14.3. The molecule has 1 amide bonds. The number of hydrogen-bond acceptors (Lipinski definition) is 3. The first kappa shape index (κ1) is 24.1. The Hall–Kier alpha value is -2.16. The number of carbonyl (C=O) groups is 1. The van der Waals surface area contributed by atoms with Gasteiger partial charge in [0, 0.05) is 37.4 Å². The number of nitrogens with one attached hydrogen (secondary N) is 3. The van der Waals surface area contributed by atoms with E-state index in [-0.39, 0.29) is 35.3 Å². The first-order valence-electron chi connectivity index (χ1n) is 10.5. The molecule has 3 rings (SSSR count). The zero-order valence-electron chi connectivity index (χ0n) is 17.6. The Kier molecular flexibility index (Phi) is 10.1. The molecule has 1 heterocycles. The predicted octanol–water partition coefficient (Wildman–Crippen LogP) is 3.50. The molecule has 162 valence electrons. The lowest BCUT2D eigenvalue weighted by atomic mass is 9.79. The smallest absolute Gasteiger partial charge is 0.252 e. The van der Waals surface area contributed by atoms with E-state index in [9.17, 15) is 4.79 Å². The number of guanidine groups is 1. The van der Waals surface area contributed by atoms with Crippen molar-refractivity contribution >= 4 is 35.8 Å². The number of amides is 1. The first-order valence-corrected chi connectivity index (χ1v) is 10.5. The van der Waals surface area contributed by atoms with Crippen molar-refractivity contribution in [2.24, 2.45) is 4.99 Å². The molecule has 3 N–H and O–H groups in total. The van der Waals surface area contributed by atoms with Gasteiger partial charge in [-0.05, 0) is 37.5 Å². The fraction of sp³-hybridized carbons (Fsp3) is 0.435. The van der Waals surface area contributed by atoms with E-state index >= 15 is 0 Å². The van der Waals surface area contributed by atoms with Gasteiger partial charge in [0.15, 0.2) is 5.96 Å². The van der Waals surface area contributed by atoms with Crippen LogP contribution in [-0.2, 0) is 5.41 Å². The maximum Gasteiger partial charge on any atom is 0.252 e. The van der Waals surface area contributed by atoms with E-state index in [1.807, 2.05) is 0 Å². The Morgan fingerprint density at radius 3 is 2.43 bits per heavy atom. The number of nitrogens with zero attached hydrogens (tertiary/aromatic N) is 2. The van der Waals surface area contributed by atoms with Crippen molar-refractivity contribution in [3.05, 3.63) is 66.0 Å². The minimum absolute atomic E-state index is 0. The van der Waals surface area contributed by atoms with Crippen molar-refractivity contribution in [1.29, 1.82) is 0 Å². The maximum atomic E-state index is 12.1. The minimum Gasteiger partial charge on any atom is -0.357 e. The number of benzene rings is 1. The molecule has 0 spiro atoms. The Bertz CT molecular complexity index is 792. The standard InChI is InChI=1S/C23H31N5O.HI/c1-2-25-22(27-16-15-26-21(29)19-9-8-14-24-17-19)28-18-23(12-6-7-13-23)20-10-4-3-5-11-20;/h3-5,8-11,14,17H,2,6-7,12-13,15-16,18H2,1H3,(H,26,29)(H2,25,27,28);1H. The van der Waals surface area contributed by atoms with Crippen LogP contribution >= 0.6 is 24.0 Å². The first-order chi connectivity index (χ1) is 14.2. The second kappa shape index (κ2) is 12.5. The van der Waals surface area contributed by atoms with Crippen LogP contribution in [0.1, 0.15) is 48.5 Å². The van der Waals surface area contributed by atoms with Gasteiger partial charge in [-0.1, -0.05) is 43.2 Å². The quantitative estimate of drug-likeness (QED) is 0.215. The molecule has 0 unspecified atom stereocenters. The molecule has 6 nitrogen and oxygen atoms in total. The minimum atomic E-state index is -0.115. The van der Waals surface area contributed by atoms with E-state index in [0.717, 1.165) is 19.0 Å². The molecule has 0 radical (unpaired) electrons. The zero-order valence-corrected chi connectivity index (χ0v) is 19.9. The van der Waals surface area contributed by atoms with Crippen molar-refractivity contribution in [3.8, 4) is 0 Å². The number of halogens is 1. The second-order valence-corrected chi connectivity index (χ2v) is 7.47. The van der Waals surface area contributed by atoms with Crippen LogP contribution in [0.2, 0.25) is 0 Å². The van der Waals surface area contributed by atoms with Crippen LogP contribution in [0, 0.1) is 0 Å². The van der Waals surface area contributed by atoms with E-state index in [2.05, 4.69) is 58.2 Å². The third-order valence-electron chi connectivity index (χ3n) is 5.46. The van der Waals surface area contributed by atoms with Gasteiger partial charge in [-0.15, -0.1) is 24.0 Å². The third kappa shape index (κ3) is 6.68. The van der Waals surface area contributed by atoms with Crippen LogP contribution in [0.3, 0.4) is 0 Å². The molecule has 1 aromatic heterocycles. The Labute approximate surface area is 196 Å². The van der Waals surface area contributed by atoms with E-state index in [1.54, 1.807) is 24.5 Å². The largest absolute Gasteiger partial charge is 0.357 e. The molecule has 0 atom stereocenters. The summed E-state index contributed by atoms with van der Waals surface area (Å²) in [5, 5.41) is 9.54. The van der Waals surface area contributed by atoms with Gasteiger partial charge in [0.2, 0.25) is 0 Å². The lowest BCUT2D eigenvalue weighted by Gasteiger charge is -2.28. The molecule has 30 heavy (non-hydrogen) atoms. The molecule has 0 bridgehead atoms. The molecule has 1 fully saturated rings. The molecule has 1 aliphatic rings. The molecule has 1 aromatic carbocycles. The summed E-state index contributed by atoms with van der Waals surface area (Å²) in [4.78, 5) is 21.0. The van der Waals surface area contributed by atoms with Gasteiger partial charge in [-0.25, -0.2) is 0 Å². The predicted molar refractivity (Wildman–Crippen MR) is 133 cm³/mol. The molecular weight excluding hydrogens is 489 g/mol. The topological polar surface area (TPSA) is 78.4 Å². The van der Waals surface area contributed by atoms with Gasteiger partial charge in [-0.2, -0.15) is 0 Å². The van der Waals surface area contributed by atoms with Crippen molar-refractivity contribution in [3.63, 3.8) is 0 Å². The Balaban J connectivity index is 0.00000320. The molecule has 1 saturated carbocycles. The summed E-state index contributed by atoms with van der Waals surface area (Å²) >= 11 is 0. The van der Waals surface area contributed by atoms with E-state index < -0.39 is 0 Å². The van der Waals surface area contributed by atoms with Crippen LogP contribution in [0.4, 0.5) is 0 Å². The molecule has 0 saturated heterocycles. The van der Waals surface area contributed by atoms with Crippen molar-refractivity contribution in [1.82, 2.24) is 20.9 Å². The highest BCUT2D eigenvalue weighted by molar-refractivity contribution is 14.0. The average Bonchev–Trinajstić information content (AvgIpc) is 3.26. The van der Waals surface area contributed by atoms with E-state index in [4.69, 9.17) is 4.99 Å². The third-order valence-corrected chi connectivity index (χ3v) is 5.46.